The molecule has 1 aliphatic heterocycles. The molecule has 1 aromatic carbocycles. The number of nitrogens with zero attached hydrogens (tertiary/aromatic N) is 2. The van der Waals surface area contributed by atoms with Gasteiger partial charge in [-0.25, -0.2) is 0 Å². The van der Waals surface area contributed by atoms with E-state index in [0.717, 1.165) is 56.8 Å². The van der Waals surface area contributed by atoms with E-state index < -0.39 is 11.7 Å². The van der Waals surface area contributed by atoms with Gasteiger partial charge in [0.15, 0.2) is 0 Å². The minimum Gasteiger partial charge on any atom is -0.458 e. The van der Waals surface area contributed by atoms with Crippen LogP contribution in [0, 0.1) is 30.1 Å². The number of aliphatic hydroxyl groups is 1. The van der Waals surface area contributed by atoms with E-state index in [4.69, 9.17) is 27.9 Å². The lowest BCUT2D eigenvalue weighted by Crippen LogP contribution is -2.57. The van der Waals surface area contributed by atoms with E-state index in [1.807, 2.05) is 25.5 Å². The minimum atomic E-state index is -0.943. The summed E-state index contributed by atoms with van der Waals surface area (Å²) in [5.74, 6) is 0.697. The number of rotatable bonds is 5. The summed E-state index contributed by atoms with van der Waals surface area (Å²) in [6, 6.07) is 5.73. The highest BCUT2D eigenvalue weighted by molar-refractivity contribution is 6.35. The Labute approximate surface area is 214 Å². The number of hydrogen-bond donors (Lipinski definition) is 1. The van der Waals surface area contributed by atoms with Gasteiger partial charge >= 0.3 is 5.97 Å². The summed E-state index contributed by atoms with van der Waals surface area (Å²) < 4.78 is 5.49. The Hall–Kier alpha value is -1.27. The molecule has 7 heteroatoms. The van der Waals surface area contributed by atoms with Crippen LogP contribution in [0.5, 0.6) is 0 Å². The van der Waals surface area contributed by atoms with Gasteiger partial charge < -0.3 is 14.7 Å². The molecule has 1 heterocycles. The number of piperazine rings is 1. The molecule has 0 bridgehead atoms. The van der Waals surface area contributed by atoms with E-state index in [2.05, 4.69) is 29.7 Å². The molecule has 1 saturated heterocycles. The molecule has 187 valence electrons. The molecule has 0 spiro atoms. The summed E-state index contributed by atoms with van der Waals surface area (Å²) in [5, 5.41) is 13.1. The van der Waals surface area contributed by atoms with Gasteiger partial charge in [0.2, 0.25) is 0 Å². The third-order valence-electron chi connectivity index (χ3n) is 8.18. The fraction of sp³-hybridized carbons (Fsp3) is 0.630. The first-order valence-electron chi connectivity index (χ1n) is 12.4. The molecule has 0 aromatic heterocycles. The van der Waals surface area contributed by atoms with Crippen molar-refractivity contribution in [3.05, 3.63) is 46.3 Å². The van der Waals surface area contributed by atoms with Crippen LogP contribution >= 0.6 is 23.2 Å². The van der Waals surface area contributed by atoms with Crippen LogP contribution in [0.4, 0.5) is 5.69 Å². The molecule has 3 aliphatic rings. The number of carbonyl (C=O) groups excluding carboxylic acids is 1. The Morgan fingerprint density at radius 2 is 1.82 bits per heavy atom. The molecule has 6 atom stereocenters. The van der Waals surface area contributed by atoms with Gasteiger partial charge in [0.1, 0.15) is 6.10 Å². The first-order valence-corrected chi connectivity index (χ1v) is 13.2. The maximum Gasteiger partial charge on any atom is 0.303 e. The number of fused-ring (bicyclic) bond motifs is 1. The first-order chi connectivity index (χ1) is 16.1. The Balaban J connectivity index is 1.41. The predicted octanol–water partition coefficient (Wildman–Crippen LogP) is 5.24. The van der Waals surface area contributed by atoms with Gasteiger partial charge in [0.25, 0.3) is 0 Å². The maximum absolute atomic E-state index is 11.8. The van der Waals surface area contributed by atoms with E-state index in [-0.39, 0.29) is 17.8 Å². The number of anilines is 1. The van der Waals surface area contributed by atoms with Crippen LogP contribution in [0.15, 0.2) is 29.8 Å². The molecule has 1 N–H and O–H groups in total. The zero-order valence-electron chi connectivity index (χ0n) is 20.6. The lowest BCUT2D eigenvalue weighted by Gasteiger charge is -2.53. The van der Waals surface area contributed by atoms with Crippen molar-refractivity contribution in [2.75, 3.05) is 37.6 Å². The maximum atomic E-state index is 11.8. The highest BCUT2D eigenvalue weighted by Gasteiger charge is 2.53. The van der Waals surface area contributed by atoms with E-state index in [0.29, 0.717) is 21.9 Å². The van der Waals surface area contributed by atoms with Crippen molar-refractivity contribution < 1.29 is 14.6 Å². The monoisotopic (exact) mass is 507 g/mol. The van der Waals surface area contributed by atoms with Crippen LogP contribution in [0.1, 0.15) is 40.5 Å². The molecular formula is C27H37Cl2N2O3. The van der Waals surface area contributed by atoms with E-state index in [1.54, 1.807) is 6.07 Å². The molecule has 4 rings (SSSR count). The van der Waals surface area contributed by atoms with Crippen molar-refractivity contribution in [1.82, 2.24) is 4.90 Å². The molecule has 1 aromatic rings. The molecule has 34 heavy (non-hydrogen) atoms. The van der Waals surface area contributed by atoms with Crippen molar-refractivity contribution in [2.45, 2.75) is 52.2 Å². The lowest BCUT2D eigenvalue weighted by molar-refractivity contribution is -0.148. The highest BCUT2D eigenvalue weighted by atomic mass is 35.5. The van der Waals surface area contributed by atoms with Gasteiger partial charge in [-0.1, -0.05) is 43.1 Å². The fourth-order valence-corrected chi connectivity index (χ4v) is 6.72. The first kappa shape index (κ1) is 25.8. The third kappa shape index (κ3) is 5.43. The van der Waals surface area contributed by atoms with Gasteiger partial charge in [-0.05, 0) is 61.3 Å². The third-order valence-corrected chi connectivity index (χ3v) is 8.62. The van der Waals surface area contributed by atoms with Crippen molar-refractivity contribution in [3.63, 3.8) is 0 Å². The number of halogens is 2. The number of esters is 1. The predicted molar refractivity (Wildman–Crippen MR) is 138 cm³/mol. The lowest BCUT2D eigenvalue weighted by atomic mass is 9.57. The zero-order valence-corrected chi connectivity index (χ0v) is 22.1. The van der Waals surface area contributed by atoms with E-state index in [1.165, 1.54) is 6.92 Å². The smallest absolute Gasteiger partial charge is 0.303 e. The molecule has 1 saturated carbocycles. The average molecular weight is 509 g/mol. The van der Waals surface area contributed by atoms with Crippen molar-refractivity contribution in [1.29, 1.82) is 0 Å². The molecule has 5 nitrogen and oxygen atoms in total. The topological polar surface area (TPSA) is 53.0 Å². The largest absolute Gasteiger partial charge is 0.458 e. The number of benzene rings is 1. The highest BCUT2D eigenvalue weighted by Crippen LogP contribution is 2.50. The molecule has 2 aliphatic carbocycles. The van der Waals surface area contributed by atoms with E-state index in [9.17, 15) is 9.90 Å². The van der Waals surface area contributed by atoms with E-state index >= 15 is 0 Å². The number of hydrogen-bond acceptors (Lipinski definition) is 5. The second-order valence-corrected chi connectivity index (χ2v) is 11.4. The SMILES string of the molecule is CC(=O)O[C@@H]1[CH][C@@]2(O)[C@H](C)CC[C@@H](C(C)CN3CCN(c4cc(Cl)cc(Cl)c4)CC3)[C@H]2C=C1C. The molecule has 1 radical (unpaired) electrons. The average Bonchev–Trinajstić information content (AvgIpc) is 2.75. The van der Waals surface area contributed by atoms with Gasteiger partial charge in [0, 0.05) is 67.7 Å². The van der Waals surface area contributed by atoms with Crippen LogP contribution < -0.4 is 4.90 Å². The van der Waals surface area contributed by atoms with Gasteiger partial charge in [-0.2, -0.15) is 0 Å². The van der Waals surface area contributed by atoms with Gasteiger partial charge in [-0.3, -0.25) is 9.69 Å². The standard InChI is InChI=1S/C27H37Cl2N2O3/c1-17-11-25-24(6-5-19(3)27(25,33)15-26(17)34-20(4)32)18(2)16-30-7-9-31(10-8-30)23-13-21(28)12-22(29)14-23/h11-15,18-19,24-26,33H,5-10,16H2,1-4H3/t18?,19-,24+,25-,26-,27-/m1/s1. The Morgan fingerprint density at radius 1 is 1.18 bits per heavy atom. The number of carbonyl (C=O) groups is 1. The Morgan fingerprint density at radius 3 is 2.44 bits per heavy atom. The Kier molecular flexibility index (Phi) is 7.88. The summed E-state index contributed by atoms with van der Waals surface area (Å²) >= 11 is 12.4. The quantitative estimate of drug-likeness (QED) is 0.436. The van der Waals surface area contributed by atoms with Crippen LogP contribution in [0.25, 0.3) is 0 Å². The number of ether oxygens (including phenoxy) is 1. The van der Waals surface area contributed by atoms with Crippen LogP contribution in [-0.4, -0.2) is 60.4 Å². The van der Waals surface area contributed by atoms with Crippen LogP contribution in [-0.2, 0) is 9.53 Å². The molecule has 0 amide bonds. The van der Waals surface area contributed by atoms with Gasteiger partial charge in [-0.15, -0.1) is 0 Å². The second kappa shape index (κ2) is 10.4. The van der Waals surface area contributed by atoms with Crippen molar-refractivity contribution >= 4 is 34.9 Å². The Bertz CT molecular complexity index is 910. The minimum absolute atomic E-state index is 0.0490. The van der Waals surface area contributed by atoms with Gasteiger partial charge in [0.05, 0.1) is 5.60 Å². The molecular weight excluding hydrogens is 471 g/mol. The summed E-state index contributed by atoms with van der Waals surface area (Å²) in [4.78, 5) is 16.5. The summed E-state index contributed by atoms with van der Waals surface area (Å²) in [6.45, 7) is 12.7. The molecule has 1 unspecified atom stereocenters. The van der Waals surface area contributed by atoms with Crippen LogP contribution in [0.2, 0.25) is 10.0 Å². The fourth-order valence-electron chi connectivity index (χ4n) is 6.21. The van der Waals surface area contributed by atoms with Crippen molar-refractivity contribution in [2.24, 2.45) is 23.7 Å². The summed E-state index contributed by atoms with van der Waals surface area (Å²) in [7, 11) is 0. The second-order valence-electron chi connectivity index (χ2n) is 10.6. The molecule has 2 fully saturated rings. The normalized spacial score (nSPS) is 33.1. The van der Waals surface area contributed by atoms with Crippen LogP contribution in [0.3, 0.4) is 0 Å². The summed E-state index contributed by atoms with van der Waals surface area (Å²) in [6.07, 6.45) is 5.72. The zero-order chi connectivity index (χ0) is 24.6. The summed E-state index contributed by atoms with van der Waals surface area (Å²) in [5.41, 5.74) is 1.16. The van der Waals surface area contributed by atoms with Crippen molar-refractivity contribution in [3.8, 4) is 0 Å².